The van der Waals surface area contributed by atoms with Crippen LogP contribution in [-0.2, 0) is 4.79 Å². The Morgan fingerprint density at radius 1 is 1.36 bits per heavy atom. The molecule has 0 unspecified atom stereocenters. The van der Waals surface area contributed by atoms with Crippen LogP contribution in [0, 0.1) is 11.2 Å². The average Bonchev–Trinajstić information content (AvgIpc) is 3.38. The van der Waals surface area contributed by atoms with Crippen molar-refractivity contribution in [3.8, 4) is 11.5 Å². The predicted octanol–water partition coefficient (Wildman–Crippen LogP) is 3.81. The second kappa shape index (κ2) is 4.43. The molecule has 2 heterocycles. The number of carbonyl (C=O) groups is 1. The Balaban J connectivity index is 1.51. The molecule has 0 bridgehead atoms. The normalized spacial score (nSPS) is 16.3. The van der Waals surface area contributed by atoms with Gasteiger partial charge in [0.2, 0.25) is 5.91 Å². The number of aromatic nitrogens is 1. The fraction of sp³-hybridized carbons (Fsp3) is 0.250. The van der Waals surface area contributed by atoms with Gasteiger partial charge >= 0.3 is 0 Å². The van der Waals surface area contributed by atoms with E-state index in [4.69, 9.17) is 4.74 Å². The summed E-state index contributed by atoms with van der Waals surface area (Å²) >= 11 is 0. The number of anilines is 3. The molecule has 1 saturated carbocycles. The minimum Gasteiger partial charge on any atom is -0.452 e. The van der Waals surface area contributed by atoms with Crippen LogP contribution in [0.25, 0.3) is 0 Å². The van der Waals surface area contributed by atoms with E-state index in [-0.39, 0.29) is 17.1 Å². The highest BCUT2D eigenvalue weighted by Gasteiger charge is 2.44. The molecule has 1 aliphatic carbocycles. The van der Waals surface area contributed by atoms with Crippen LogP contribution in [0.2, 0.25) is 0 Å². The molecule has 1 fully saturated rings. The van der Waals surface area contributed by atoms with Gasteiger partial charge in [-0.1, -0.05) is 6.92 Å². The van der Waals surface area contributed by atoms with Gasteiger partial charge in [-0.25, -0.2) is 9.37 Å². The van der Waals surface area contributed by atoms with Gasteiger partial charge in [-0.3, -0.25) is 4.79 Å². The van der Waals surface area contributed by atoms with E-state index >= 15 is 0 Å². The third-order valence-electron chi connectivity index (χ3n) is 4.05. The van der Waals surface area contributed by atoms with Crippen LogP contribution in [-0.4, -0.2) is 10.9 Å². The van der Waals surface area contributed by atoms with Crippen molar-refractivity contribution in [1.29, 1.82) is 0 Å². The van der Waals surface area contributed by atoms with Crippen molar-refractivity contribution in [2.45, 2.75) is 19.8 Å². The van der Waals surface area contributed by atoms with Crippen LogP contribution in [0.15, 0.2) is 30.5 Å². The van der Waals surface area contributed by atoms with Crippen LogP contribution in [0.3, 0.4) is 0 Å². The molecule has 1 amide bonds. The first-order valence-corrected chi connectivity index (χ1v) is 7.10. The first-order valence-electron chi connectivity index (χ1n) is 7.10. The van der Waals surface area contributed by atoms with E-state index in [1.807, 2.05) is 6.92 Å². The fourth-order valence-corrected chi connectivity index (χ4v) is 2.19. The highest BCUT2D eigenvalue weighted by Crippen LogP contribution is 2.47. The molecule has 2 aliphatic rings. The Bertz CT molecular complexity index is 787. The van der Waals surface area contributed by atoms with Gasteiger partial charge in [0.25, 0.3) is 0 Å². The number of rotatable bonds is 4. The predicted molar refractivity (Wildman–Crippen MR) is 80.0 cm³/mol. The van der Waals surface area contributed by atoms with Gasteiger partial charge in [0.05, 0.1) is 0 Å². The molecule has 2 N–H and O–H groups in total. The number of halogens is 1. The lowest BCUT2D eigenvalue weighted by atomic mass is 10.1. The van der Waals surface area contributed by atoms with Gasteiger partial charge in [0.15, 0.2) is 23.1 Å². The minimum atomic E-state index is -0.523. The Kier molecular flexibility index (Phi) is 2.63. The van der Waals surface area contributed by atoms with Crippen molar-refractivity contribution < 1.29 is 13.9 Å². The molecule has 0 atom stereocenters. The average molecular weight is 299 g/mol. The lowest BCUT2D eigenvalue weighted by molar-refractivity contribution is -0.120. The van der Waals surface area contributed by atoms with Gasteiger partial charge in [-0.15, -0.1) is 0 Å². The number of nitrogens with one attached hydrogen (secondary N) is 2. The fourth-order valence-electron chi connectivity index (χ4n) is 2.19. The topological polar surface area (TPSA) is 73.2 Å². The first kappa shape index (κ1) is 13.1. The number of benzene rings is 1. The van der Waals surface area contributed by atoms with Crippen molar-refractivity contribution >= 4 is 23.1 Å². The second-order valence-corrected chi connectivity index (χ2v) is 5.92. The van der Waals surface area contributed by atoms with Gasteiger partial charge in [-0.2, -0.15) is 0 Å². The van der Waals surface area contributed by atoms with E-state index in [1.54, 1.807) is 18.3 Å². The summed E-state index contributed by atoms with van der Waals surface area (Å²) in [6, 6.07) is 6.08. The van der Waals surface area contributed by atoms with Crippen molar-refractivity contribution in [2.75, 3.05) is 10.6 Å². The van der Waals surface area contributed by atoms with E-state index in [0.717, 1.165) is 24.3 Å². The van der Waals surface area contributed by atoms with E-state index < -0.39 is 5.82 Å². The molecule has 0 saturated heterocycles. The molecular weight excluding hydrogens is 285 g/mol. The largest absolute Gasteiger partial charge is 0.452 e. The van der Waals surface area contributed by atoms with Crippen molar-refractivity contribution in [1.82, 2.24) is 4.98 Å². The standard InChI is InChI=1S/C16H14FN3O2/c1-16(5-6-16)15(21)19-9-2-3-11(10(17)8-9)22-12-4-7-18-14-13(12)20-14/h2-4,7-8H,5-6H2,1H3,(H,18,20)(H,19,21). The zero-order chi connectivity index (χ0) is 15.3. The van der Waals surface area contributed by atoms with E-state index in [0.29, 0.717) is 11.4 Å². The molecule has 112 valence electrons. The third-order valence-corrected chi connectivity index (χ3v) is 4.05. The highest BCUT2D eigenvalue weighted by atomic mass is 19.1. The zero-order valence-electron chi connectivity index (χ0n) is 11.9. The molecule has 0 spiro atoms. The van der Waals surface area contributed by atoms with Crippen LogP contribution in [0.5, 0.6) is 11.5 Å². The molecule has 0 radical (unpaired) electrons. The number of nitrogens with zero attached hydrogens (tertiary/aromatic N) is 1. The lowest BCUT2D eigenvalue weighted by Gasteiger charge is -2.11. The maximum atomic E-state index is 14.1. The number of pyridine rings is 1. The summed E-state index contributed by atoms with van der Waals surface area (Å²) in [5.41, 5.74) is 0.922. The van der Waals surface area contributed by atoms with Crippen LogP contribution in [0.4, 0.5) is 21.6 Å². The molecule has 2 aromatic rings. The number of carbonyl (C=O) groups excluding carboxylic acids is 1. The Hall–Kier alpha value is -2.63. The maximum Gasteiger partial charge on any atom is 0.230 e. The number of ether oxygens (including phenoxy) is 1. The molecule has 5 nitrogen and oxygen atoms in total. The summed E-state index contributed by atoms with van der Waals surface area (Å²) in [5.74, 6) is 0.803. The maximum absolute atomic E-state index is 14.1. The van der Waals surface area contributed by atoms with Crippen molar-refractivity contribution in [2.24, 2.45) is 5.41 Å². The molecule has 1 aromatic carbocycles. The highest BCUT2D eigenvalue weighted by molar-refractivity contribution is 5.97. The number of amides is 1. The lowest BCUT2D eigenvalue weighted by Crippen LogP contribution is -2.21. The zero-order valence-corrected chi connectivity index (χ0v) is 11.9. The summed E-state index contributed by atoms with van der Waals surface area (Å²) in [5, 5.41) is 5.69. The SMILES string of the molecule is CC1(C(=O)Nc2ccc(Oc3ccnc4c3N4)c(F)c2)CC1. The number of hydrogen-bond acceptors (Lipinski definition) is 4. The van der Waals surface area contributed by atoms with Gasteiger partial charge in [-0.05, 0) is 25.0 Å². The summed E-state index contributed by atoms with van der Waals surface area (Å²) in [4.78, 5) is 16.0. The summed E-state index contributed by atoms with van der Waals surface area (Å²) in [6.07, 6.45) is 3.35. The Morgan fingerprint density at radius 3 is 2.91 bits per heavy atom. The number of hydrogen-bond donors (Lipinski definition) is 2. The van der Waals surface area contributed by atoms with Crippen LogP contribution in [0.1, 0.15) is 19.8 Å². The smallest absolute Gasteiger partial charge is 0.230 e. The molecule has 22 heavy (non-hydrogen) atoms. The van der Waals surface area contributed by atoms with Gasteiger partial charge < -0.3 is 15.4 Å². The summed E-state index contributed by atoms with van der Waals surface area (Å²) < 4.78 is 19.7. The van der Waals surface area contributed by atoms with E-state index in [1.165, 1.54) is 12.1 Å². The summed E-state index contributed by atoms with van der Waals surface area (Å²) in [6.45, 7) is 1.90. The molecule has 6 heteroatoms. The summed E-state index contributed by atoms with van der Waals surface area (Å²) in [7, 11) is 0. The quantitative estimate of drug-likeness (QED) is 0.718. The Morgan fingerprint density at radius 2 is 2.18 bits per heavy atom. The van der Waals surface area contributed by atoms with Crippen LogP contribution >= 0.6 is 0 Å². The monoisotopic (exact) mass is 299 g/mol. The van der Waals surface area contributed by atoms with E-state index in [2.05, 4.69) is 15.6 Å². The molecule has 1 aliphatic heterocycles. The van der Waals surface area contributed by atoms with Gasteiger partial charge in [0, 0.05) is 29.4 Å². The molecule has 4 rings (SSSR count). The van der Waals surface area contributed by atoms with Crippen molar-refractivity contribution in [3.63, 3.8) is 0 Å². The second-order valence-electron chi connectivity index (χ2n) is 5.92. The van der Waals surface area contributed by atoms with E-state index in [9.17, 15) is 9.18 Å². The molecule has 1 aromatic heterocycles. The third kappa shape index (κ3) is 2.26. The van der Waals surface area contributed by atoms with Gasteiger partial charge in [0.1, 0.15) is 5.69 Å². The Labute approximate surface area is 126 Å². The van der Waals surface area contributed by atoms with Crippen molar-refractivity contribution in [3.05, 3.63) is 36.3 Å². The van der Waals surface area contributed by atoms with Crippen LogP contribution < -0.4 is 15.4 Å². The first-order chi connectivity index (χ1) is 10.5. The molecular formula is C16H14FN3O2. The number of fused-ring (bicyclic) bond motifs is 1. The minimum absolute atomic E-state index is 0.0660.